The van der Waals surface area contributed by atoms with Crippen LogP contribution in [-0.2, 0) is 6.54 Å². The third-order valence-corrected chi connectivity index (χ3v) is 9.98. The molecule has 7 aromatic rings. The summed E-state index contributed by atoms with van der Waals surface area (Å²) in [4.78, 5) is 0. The first-order chi connectivity index (χ1) is 30.1. The van der Waals surface area contributed by atoms with Gasteiger partial charge in [0.2, 0.25) is 0 Å². The van der Waals surface area contributed by atoms with E-state index in [4.69, 9.17) is 5.26 Å². The fraction of sp³-hybridized carbons (Fsp3) is 0.0244. The second-order valence-electron chi connectivity index (χ2n) is 13.3. The Morgan fingerprint density at radius 3 is 1.00 bits per heavy atom. The van der Waals surface area contributed by atoms with E-state index in [0.717, 1.165) is 0 Å². The lowest BCUT2D eigenvalue weighted by molar-refractivity contribution is -0.690. The molecule has 0 amide bonds. The Labute approximate surface area is 343 Å². The van der Waals surface area contributed by atoms with Gasteiger partial charge in [-0.25, -0.2) is 87.8 Å². The molecule has 0 saturated carbocycles. The molecule has 2 nitrogen and oxygen atoms in total. The number of hydrogen-bond donors (Lipinski definition) is 0. The van der Waals surface area contributed by atoms with Crippen LogP contribution in [0.2, 0.25) is 0 Å². The molecule has 0 unspecified atom stereocenters. The van der Waals surface area contributed by atoms with Gasteiger partial charge in [0.05, 0.1) is 0 Å². The molecular weight excluding hydrogens is 911 g/mol. The molecule has 7 rings (SSSR count). The Hall–Kier alpha value is -7.12. The third kappa shape index (κ3) is 7.00. The molecule has 1 aromatic heterocycles. The number of rotatable bonds is 6. The van der Waals surface area contributed by atoms with Crippen LogP contribution in [0.3, 0.4) is 0 Å². The maximum Gasteiger partial charge on any atom is 0.283 e. The molecule has 0 radical (unpaired) electrons. The van der Waals surface area contributed by atoms with Crippen LogP contribution in [0.1, 0.15) is 11.3 Å². The van der Waals surface area contributed by atoms with Crippen molar-refractivity contribution in [2.24, 2.45) is 0 Å². The average Bonchev–Trinajstić information content (AvgIpc) is 3.29. The zero-order valence-corrected chi connectivity index (χ0v) is 30.6. The number of nitrogens with zero attached hydrogens (tertiary/aromatic N) is 2. The molecule has 330 valence electrons. The Balaban J connectivity index is 0.000000295. The molecule has 0 aliphatic heterocycles. The largest absolute Gasteiger partial charge is 0.283 e. The Bertz CT molecular complexity index is 2730. The minimum atomic E-state index is -7.22. The molecule has 0 aliphatic carbocycles. The third-order valence-electron chi connectivity index (χ3n) is 9.98. The molecule has 0 aliphatic rings. The first-order valence-corrected chi connectivity index (χ1v) is 17.2. The van der Waals surface area contributed by atoms with Crippen molar-refractivity contribution < 1.29 is 92.4 Å². The van der Waals surface area contributed by atoms with E-state index in [-0.39, 0.29) is 0 Å². The molecule has 23 heteroatoms. The fourth-order valence-electron chi connectivity index (χ4n) is 7.20. The van der Waals surface area contributed by atoms with Crippen molar-refractivity contribution in [3.8, 4) is 6.07 Å². The summed E-state index contributed by atoms with van der Waals surface area (Å²) in [5.41, 5.74) is -12.4. The van der Waals surface area contributed by atoms with Crippen molar-refractivity contribution in [3.05, 3.63) is 194 Å². The van der Waals surface area contributed by atoms with Crippen molar-refractivity contribution in [2.75, 3.05) is 0 Å². The van der Waals surface area contributed by atoms with Gasteiger partial charge in [-0.2, -0.15) is 9.83 Å². The number of benzene rings is 6. The Morgan fingerprint density at radius 1 is 0.359 bits per heavy atom. The summed E-state index contributed by atoms with van der Waals surface area (Å²) in [5.74, 6) is -71.4. The normalized spacial score (nSPS) is 11.5. The smallest absolute Gasteiger partial charge is 0.207 e. The summed E-state index contributed by atoms with van der Waals surface area (Å²) >= 11 is 0. The Morgan fingerprint density at radius 2 is 0.656 bits per heavy atom. The van der Waals surface area contributed by atoms with E-state index in [1.165, 1.54) is 16.3 Å². The molecule has 1 heterocycles. The summed E-state index contributed by atoms with van der Waals surface area (Å²) in [6.07, 6.45) is -5.27. The van der Waals surface area contributed by atoms with E-state index in [1.54, 1.807) is 0 Å². The van der Waals surface area contributed by atoms with Gasteiger partial charge >= 0.3 is 0 Å². The maximum atomic E-state index is 15.4. The lowest BCUT2D eigenvalue weighted by atomic mass is 9.12. The highest BCUT2D eigenvalue weighted by Gasteiger charge is 2.52. The topological polar surface area (TPSA) is 27.7 Å². The first kappa shape index (κ1) is 46.4. The lowest BCUT2D eigenvalue weighted by Gasteiger charge is -2.44. The zero-order chi connectivity index (χ0) is 47.4. The van der Waals surface area contributed by atoms with E-state index in [1.807, 2.05) is 41.1 Å². The van der Waals surface area contributed by atoms with Crippen LogP contribution in [-0.4, -0.2) is 6.15 Å². The van der Waals surface area contributed by atoms with Gasteiger partial charge in [0, 0.05) is 17.7 Å². The minimum absolute atomic E-state index is 0.676. The first-order valence-electron chi connectivity index (χ1n) is 17.2. The number of pyridine rings is 1. The van der Waals surface area contributed by atoms with E-state index in [9.17, 15) is 52.7 Å². The summed E-state index contributed by atoms with van der Waals surface area (Å²) in [5, 5.41) is 11.6. The zero-order valence-electron chi connectivity index (χ0n) is 30.6. The highest BCUT2D eigenvalue weighted by atomic mass is 19.2. The molecular formula is C41H13BF20N2. The van der Waals surface area contributed by atoms with Crippen molar-refractivity contribution in [2.45, 2.75) is 6.54 Å². The predicted molar refractivity (Wildman–Crippen MR) is 184 cm³/mol. The summed E-state index contributed by atoms with van der Waals surface area (Å²) < 4.78 is 296. The van der Waals surface area contributed by atoms with Crippen LogP contribution in [0.4, 0.5) is 87.8 Å². The molecule has 0 bridgehead atoms. The molecule has 0 spiro atoms. The average molecular weight is 924 g/mol. The Kier molecular flexibility index (Phi) is 12.5. The van der Waals surface area contributed by atoms with E-state index >= 15 is 35.1 Å². The highest BCUT2D eigenvalue weighted by Crippen LogP contribution is 2.31. The van der Waals surface area contributed by atoms with Gasteiger partial charge in [0.25, 0.3) is 5.69 Å². The van der Waals surface area contributed by atoms with Crippen LogP contribution in [0.5, 0.6) is 0 Å². The lowest BCUT2D eigenvalue weighted by Crippen LogP contribution is -2.81. The fourth-order valence-corrected chi connectivity index (χ4v) is 7.20. The van der Waals surface area contributed by atoms with Crippen LogP contribution in [0.25, 0.3) is 10.8 Å². The van der Waals surface area contributed by atoms with Gasteiger partial charge < -0.3 is 0 Å². The van der Waals surface area contributed by atoms with Crippen molar-refractivity contribution in [3.63, 3.8) is 0 Å². The van der Waals surface area contributed by atoms with Crippen LogP contribution < -0.4 is 26.4 Å². The van der Waals surface area contributed by atoms with Crippen LogP contribution in [0.15, 0.2) is 66.9 Å². The molecule has 6 aromatic carbocycles. The number of hydrogen-bond acceptors (Lipinski definition) is 1. The van der Waals surface area contributed by atoms with Gasteiger partial charge in [-0.05, 0) is 16.8 Å². The van der Waals surface area contributed by atoms with Crippen molar-refractivity contribution in [1.82, 2.24) is 0 Å². The van der Waals surface area contributed by atoms with E-state index in [0.29, 0.717) is 12.2 Å². The highest BCUT2D eigenvalue weighted by molar-refractivity contribution is 7.20. The second-order valence-corrected chi connectivity index (χ2v) is 13.3. The van der Waals surface area contributed by atoms with Crippen molar-refractivity contribution >= 4 is 38.8 Å². The van der Waals surface area contributed by atoms with Gasteiger partial charge in [0.1, 0.15) is 52.7 Å². The summed E-state index contributed by atoms with van der Waals surface area (Å²) in [7, 11) is 0. The predicted octanol–water partition coefficient (Wildman–Crippen LogP) is 8.89. The van der Waals surface area contributed by atoms with Crippen LogP contribution >= 0.6 is 0 Å². The monoisotopic (exact) mass is 924 g/mol. The second kappa shape index (κ2) is 17.2. The minimum Gasteiger partial charge on any atom is -0.207 e. The molecule has 64 heavy (non-hydrogen) atoms. The molecule has 0 N–H and O–H groups in total. The van der Waals surface area contributed by atoms with Gasteiger partial charge in [-0.3, -0.25) is 0 Å². The molecule has 0 saturated heterocycles. The summed E-state index contributed by atoms with van der Waals surface area (Å²) in [6.45, 7) is 0.713. The number of fused-ring (bicyclic) bond motifs is 1. The molecule has 0 atom stereocenters. The maximum absolute atomic E-state index is 15.4. The van der Waals surface area contributed by atoms with Gasteiger partial charge in [-0.15, -0.1) is 21.9 Å². The van der Waals surface area contributed by atoms with Crippen LogP contribution in [0, 0.1) is 128 Å². The SMILES string of the molecule is Fc1c(F)c(F)c([B-](c2c(F)c(F)c(F)c(F)c2F)(c2c(F)c(F)c(F)c(F)c2F)c2c(F)c(F)c(F)c(F)c2F)c(F)c1F.N#Cc1cccc[n+]1Cc1cccc2ccccc12. The quantitative estimate of drug-likeness (QED) is 0.0539. The number of nitriles is 1. The number of halogens is 20. The summed E-state index contributed by atoms with van der Waals surface area (Å²) in [6, 6.07) is 22.5. The standard InChI is InChI=1S/C24BF20.C17H13N2/c26-5-1(6(27)14(35)21(42)13(5)34)25(2-7(28)15(36)22(43)16(37)8(2)29,3-9(30)17(38)23(44)18(39)10(3)31)4-11(32)19(40)24(45)20(41)12(4)33;18-12-16-9-3-4-11-19(16)13-15-8-5-7-14-6-1-2-10-17(14)15/h;1-11H,13H2/q-1;+1. The molecule has 0 fully saturated rings. The van der Waals surface area contributed by atoms with Gasteiger partial charge in [0.15, 0.2) is 88.6 Å². The van der Waals surface area contributed by atoms with E-state index in [2.05, 4.69) is 36.4 Å². The van der Waals surface area contributed by atoms with Crippen molar-refractivity contribution in [1.29, 1.82) is 5.26 Å². The number of aromatic nitrogens is 1. The van der Waals surface area contributed by atoms with E-state index < -0.39 is 144 Å². The van der Waals surface area contributed by atoms with Gasteiger partial charge in [-0.1, -0.05) is 42.5 Å².